The molecule has 0 unspecified atom stereocenters. The van der Waals surface area contributed by atoms with Gasteiger partial charge in [-0.25, -0.2) is 0 Å². The van der Waals surface area contributed by atoms with Crippen LogP contribution in [-0.4, -0.2) is 22.3 Å². The van der Waals surface area contributed by atoms with E-state index >= 15 is 0 Å². The standard InChI is InChI=1S/C12H19NO2.2C2H6/c1-11(2,3)8-12(4,5)13-9(14)6-7-10(13)15;2*1-2/h6-7H,8H2,1-5H3;2*1-2H3. The lowest BCUT2D eigenvalue weighted by Gasteiger charge is -2.38. The van der Waals surface area contributed by atoms with E-state index in [1.54, 1.807) is 0 Å². The van der Waals surface area contributed by atoms with E-state index in [2.05, 4.69) is 20.8 Å². The number of nitrogens with zero attached hydrogens (tertiary/aromatic N) is 1. The fourth-order valence-electron chi connectivity index (χ4n) is 2.37. The Morgan fingerprint density at radius 1 is 0.842 bits per heavy atom. The van der Waals surface area contributed by atoms with E-state index in [0.29, 0.717) is 0 Å². The molecule has 1 aliphatic rings. The molecule has 1 aliphatic heterocycles. The van der Waals surface area contributed by atoms with Crippen molar-refractivity contribution in [2.45, 2.75) is 74.3 Å². The molecule has 1 heterocycles. The van der Waals surface area contributed by atoms with Crippen LogP contribution >= 0.6 is 0 Å². The van der Waals surface area contributed by atoms with Crippen LogP contribution in [0.3, 0.4) is 0 Å². The minimum absolute atomic E-state index is 0.0899. The van der Waals surface area contributed by atoms with E-state index in [1.807, 2.05) is 41.5 Å². The van der Waals surface area contributed by atoms with Gasteiger partial charge in [-0.05, 0) is 25.7 Å². The second kappa shape index (κ2) is 8.13. The van der Waals surface area contributed by atoms with E-state index in [9.17, 15) is 9.59 Å². The van der Waals surface area contributed by atoms with Crippen LogP contribution in [0.1, 0.15) is 68.7 Å². The predicted molar refractivity (Wildman–Crippen MR) is 81.8 cm³/mol. The molecule has 3 heteroatoms. The first-order chi connectivity index (χ1) is 8.63. The summed E-state index contributed by atoms with van der Waals surface area (Å²) in [7, 11) is 0. The lowest BCUT2D eigenvalue weighted by Crippen LogP contribution is -2.49. The molecular weight excluding hydrogens is 238 g/mol. The Morgan fingerprint density at radius 2 is 1.16 bits per heavy atom. The molecule has 2 amide bonds. The molecule has 0 bridgehead atoms. The van der Waals surface area contributed by atoms with Crippen LogP contribution in [0.4, 0.5) is 0 Å². The minimum Gasteiger partial charge on any atom is -0.270 e. The molecule has 0 aromatic carbocycles. The summed E-state index contributed by atoms with van der Waals surface area (Å²) in [6.45, 7) is 18.2. The van der Waals surface area contributed by atoms with E-state index < -0.39 is 5.54 Å². The molecule has 1 rings (SSSR count). The first-order valence-corrected chi connectivity index (χ1v) is 7.20. The minimum atomic E-state index is -0.421. The molecule has 112 valence electrons. The fourth-order valence-corrected chi connectivity index (χ4v) is 2.37. The predicted octanol–water partition coefficient (Wildman–Crippen LogP) is 4.18. The van der Waals surface area contributed by atoms with Gasteiger partial charge in [0, 0.05) is 17.7 Å². The Labute approximate surface area is 119 Å². The first kappa shape index (κ1) is 20.2. The molecule has 0 atom stereocenters. The van der Waals surface area contributed by atoms with E-state index in [1.165, 1.54) is 17.1 Å². The van der Waals surface area contributed by atoms with Gasteiger partial charge in [0.1, 0.15) is 0 Å². The lowest BCUT2D eigenvalue weighted by molar-refractivity contribution is -0.143. The quantitative estimate of drug-likeness (QED) is 0.705. The van der Waals surface area contributed by atoms with Crippen LogP contribution in [0, 0.1) is 5.41 Å². The molecule has 0 aromatic rings. The van der Waals surface area contributed by atoms with Crippen molar-refractivity contribution in [1.29, 1.82) is 0 Å². The zero-order valence-corrected chi connectivity index (χ0v) is 14.1. The SMILES string of the molecule is CC.CC.CC(C)(C)CC(C)(C)N1C(=O)C=CC1=O. The maximum absolute atomic E-state index is 11.5. The molecule has 0 N–H and O–H groups in total. The van der Waals surface area contributed by atoms with Gasteiger partial charge >= 0.3 is 0 Å². The van der Waals surface area contributed by atoms with E-state index in [0.717, 1.165) is 6.42 Å². The van der Waals surface area contributed by atoms with Crippen LogP contribution < -0.4 is 0 Å². The van der Waals surface area contributed by atoms with Crippen molar-refractivity contribution in [3.05, 3.63) is 12.2 Å². The van der Waals surface area contributed by atoms with Gasteiger partial charge in [-0.3, -0.25) is 14.5 Å². The molecule has 19 heavy (non-hydrogen) atoms. The van der Waals surface area contributed by atoms with Crippen molar-refractivity contribution < 1.29 is 9.59 Å². The molecule has 3 nitrogen and oxygen atoms in total. The highest BCUT2D eigenvalue weighted by Gasteiger charge is 2.39. The number of carbonyl (C=O) groups excluding carboxylic acids is 2. The number of carbonyl (C=O) groups is 2. The third-order valence-corrected chi connectivity index (χ3v) is 2.38. The van der Waals surface area contributed by atoms with Crippen molar-refractivity contribution in [3.8, 4) is 0 Å². The molecule has 0 spiro atoms. The van der Waals surface area contributed by atoms with E-state index in [4.69, 9.17) is 0 Å². The van der Waals surface area contributed by atoms with Crippen LogP contribution in [0.5, 0.6) is 0 Å². The molecule has 0 radical (unpaired) electrons. The summed E-state index contributed by atoms with van der Waals surface area (Å²) in [5.41, 5.74) is -0.331. The molecule has 0 fully saturated rings. The van der Waals surface area contributed by atoms with Crippen molar-refractivity contribution in [2.75, 3.05) is 0 Å². The van der Waals surface area contributed by atoms with Gasteiger partial charge in [0.15, 0.2) is 0 Å². The van der Waals surface area contributed by atoms with Crippen LogP contribution in [0.2, 0.25) is 0 Å². The van der Waals surface area contributed by atoms with Crippen molar-refractivity contribution >= 4 is 11.8 Å². The average Bonchev–Trinajstić information content (AvgIpc) is 2.61. The van der Waals surface area contributed by atoms with Crippen molar-refractivity contribution in [3.63, 3.8) is 0 Å². The van der Waals surface area contributed by atoms with Crippen LogP contribution in [0.15, 0.2) is 12.2 Å². The second-order valence-electron chi connectivity index (χ2n) is 5.90. The van der Waals surface area contributed by atoms with Gasteiger partial charge in [0.05, 0.1) is 0 Å². The maximum Gasteiger partial charge on any atom is 0.254 e. The Kier molecular flexibility index (Phi) is 8.65. The number of hydrogen-bond donors (Lipinski definition) is 0. The molecule has 0 aromatic heterocycles. The second-order valence-corrected chi connectivity index (χ2v) is 5.90. The molecule has 0 saturated carbocycles. The highest BCUT2D eigenvalue weighted by Crippen LogP contribution is 2.32. The summed E-state index contributed by atoms with van der Waals surface area (Å²) in [5.74, 6) is -0.400. The Balaban J connectivity index is 0. The van der Waals surface area contributed by atoms with Crippen LogP contribution in [-0.2, 0) is 9.59 Å². The van der Waals surface area contributed by atoms with Crippen molar-refractivity contribution in [2.24, 2.45) is 5.41 Å². The zero-order valence-electron chi connectivity index (χ0n) is 14.1. The first-order valence-electron chi connectivity index (χ1n) is 7.20. The lowest BCUT2D eigenvalue weighted by atomic mass is 9.81. The average molecular weight is 269 g/mol. The van der Waals surface area contributed by atoms with Gasteiger partial charge in [0.2, 0.25) is 0 Å². The Morgan fingerprint density at radius 3 is 1.42 bits per heavy atom. The Bertz CT molecular complexity index is 304. The van der Waals surface area contributed by atoms with Crippen molar-refractivity contribution in [1.82, 2.24) is 4.90 Å². The Hall–Kier alpha value is -1.12. The van der Waals surface area contributed by atoms with E-state index in [-0.39, 0.29) is 17.2 Å². The summed E-state index contributed by atoms with van der Waals surface area (Å²) >= 11 is 0. The molecular formula is C16H31NO2. The normalized spacial score (nSPS) is 14.7. The number of amides is 2. The smallest absolute Gasteiger partial charge is 0.254 e. The number of hydrogen-bond acceptors (Lipinski definition) is 2. The van der Waals surface area contributed by atoms with Gasteiger partial charge in [-0.15, -0.1) is 0 Å². The maximum atomic E-state index is 11.5. The van der Waals surface area contributed by atoms with Crippen LogP contribution in [0.25, 0.3) is 0 Å². The number of imide groups is 1. The van der Waals surface area contributed by atoms with Gasteiger partial charge in [0.25, 0.3) is 11.8 Å². The fraction of sp³-hybridized carbons (Fsp3) is 0.750. The van der Waals surface area contributed by atoms with Gasteiger partial charge in [-0.2, -0.15) is 0 Å². The highest BCUT2D eigenvalue weighted by atomic mass is 16.2. The zero-order chi connectivity index (χ0) is 15.9. The van der Waals surface area contributed by atoms with Gasteiger partial charge < -0.3 is 0 Å². The highest BCUT2D eigenvalue weighted by molar-refractivity contribution is 6.13. The summed E-state index contributed by atoms with van der Waals surface area (Å²) in [6, 6.07) is 0. The molecule has 0 aliphatic carbocycles. The largest absolute Gasteiger partial charge is 0.270 e. The third kappa shape index (κ3) is 6.55. The monoisotopic (exact) mass is 269 g/mol. The summed E-state index contributed by atoms with van der Waals surface area (Å²) < 4.78 is 0. The number of rotatable bonds is 2. The topological polar surface area (TPSA) is 37.4 Å². The molecule has 0 saturated heterocycles. The van der Waals surface area contributed by atoms with Gasteiger partial charge in [-0.1, -0.05) is 48.5 Å². The summed E-state index contributed by atoms with van der Waals surface area (Å²) in [4.78, 5) is 24.4. The summed E-state index contributed by atoms with van der Waals surface area (Å²) in [6.07, 6.45) is 3.47. The summed E-state index contributed by atoms with van der Waals surface area (Å²) in [5, 5.41) is 0. The third-order valence-electron chi connectivity index (χ3n) is 2.38.